The fourth-order valence-corrected chi connectivity index (χ4v) is 4.71. The molecule has 3 fully saturated rings. The van der Waals surface area contributed by atoms with E-state index < -0.39 is 6.10 Å². The van der Waals surface area contributed by atoms with Crippen molar-refractivity contribution < 1.29 is 9.90 Å². The summed E-state index contributed by atoms with van der Waals surface area (Å²) in [4.78, 5) is 12.1. The Morgan fingerprint density at radius 1 is 1.29 bits per heavy atom. The highest BCUT2D eigenvalue weighted by molar-refractivity contribution is 5.89. The van der Waals surface area contributed by atoms with Crippen LogP contribution in [0, 0.1) is 23.7 Å². The second kappa shape index (κ2) is 4.73. The first-order chi connectivity index (χ1) is 10.1. The molecule has 2 amide bonds. The highest BCUT2D eigenvalue weighted by Gasteiger charge is 2.65. The quantitative estimate of drug-likeness (QED) is 0.800. The van der Waals surface area contributed by atoms with Gasteiger partial charge in [-0.2, -0.15) is 0 Å². The summed E-state index contributed by atoms with van der Waals surface area (Å²) in [5.74, 6) is 3.23. The summed E-state index contributed by atoms with van der Waals surface area (Å²) in [6, 6.07) is 7.66. The average Bonchev–Trinajstić information content (AvgIpc) is 2.84. The molecule has 5 atom stereocenters. The highest BCUT2D eigenvalue weighted by atomic mass is 16.3. The Balaban J connectivity index is 1.36. The van der Waals surface area contributed by atoms with Crippen molar-refractivity contribution in [1.29, 1.82) is 0 Å². The normalized spacial score (nSPS) is 37.0. The molecular weight excluding hydrogens is 264 g/mol. The van der Waals surface area contributed by atoms with Crippen molar-refractivity contribution in [2.24, 2.45) is 23.7 Å². The number of carbonyl (C=O) groups excluding carboxylic acids is 1. The van der Waals surface area contributed by atoms with E-state index in [1.165, 1.54) is 19.3 Å². The van der Waals surface area contributed by atoms with E-state index in [0.29, 0.717) is 6.04 Å². The van der Waals surface area contributed by atoms with E-state index in [-0.39, 0.29) is 6.03 Å². The van der Waals surface area contributed by atoms with Gasteiger partial charge in [-0.25, -0.2) is 4.79 Å². The minimum Gasteiger partial charge on any atom is -0.389 e. The number of hydrogen-bond donors (Lipinski definition) is 3. The predicted molar refractivity (Wildman–Crippen MR) is 80.8 cm³/mol. The Morgan fingerprint density at radius 3 is 2.67 bits per heavy atom. The lowest BCUT2D eigenvalue weighted by Gasteiger charge is -2.12. The summed E-state index contributed by atoms with van der Waals surface area (Å²) in [5.41, 5.74) is 1.55. The largest absolute Gasteiger partial charge is 0.389 e. The zero-order chi connectivity index (χ0) is 14.6. The van der Waals surface area contributed by atoms with Crippen LogP contribution in [0.4, 0.5) is 10.5 Å². The molecule has 3 N–H and O–H groups in total. The number of hydrogen-bond acceptors (Lipinski definition) is 2. The van der Waals surface area contributed by atoms with Crippen LogP contribution < -0.4 is 10.6 Å². The fraction of sp³-hybridized carbons (Fsp3) is 0.588. The molecule has 0 aliphatic heterocycles. The number of amides is 2. The highest BCUT2D eigenvalue weighted by Crippen LogP contribution is 2.65. The van der Waals surface area contributed by atoms with E-state index in [0.717, 1.165) is 34.9 Å². The molecule has 3 aliphatic carbocycles. The van der Waals surface area contributed by atoms with Crippen LogP contribution in [-0.4, -0.2) is 17.2 Å². The van der Waals surface area contributed by atoms with Gasteiger partial charge < -0.3 is 15.7 Å². The molecular formula is C17H22N2O2. The maximum absolute atomic E-state index is 12.1. The first kappa shape index (κ1) is 13.1. The van der Waals surface area contributed by atoms with Gasteiger partial charge >= 0.3 is 6.03 Å². The molecule has 4 nitrogen and oxygen atoms in total. The van der Waals surface area contributed by atoms with E-state index in [4.69, 9.17) is 0 Å². The second-order valence-electron chi connectivity index (χ2n) is 6.91. The zero-order valence-electron chi connectivity index (χ0n) is 12.3. The van der Waals surface area contributed by atoms with Crippen LogP contribution in [-0.2, 0) is 0 Å². The number of aliphatic hydroxyl groups excluding tert-OH is 1. The molecule has 3 saturated carbocycles. The van der Waals surface area contributed by atoms with Gasteiger partial charge in [0.15, 0.2) is 0 Å². The number of urea groups is 1. The minimum atomic E-state index is -0.520. The van der Waals surface area contributed by atoms with E-state index in [2.05, 4.69) is 10.6 Å². The van der Waals surface area contributed by atoms with Crippen LogP contribution >= 0.6 is 0 Å². The van der Waals surface area contributed by atoms with Crippen molar-refractivity contribution >= 4 is 11.7 Å². The smallest absolute Gasteiger partial charge is 0.319 e. The van der Waals surface area contributed by atoms with Crippen LogP contribution in [0.15, 0.2) is 24.3 Å². The van der Waals surface area contributed by atoms with Gasteiger partial charge in [-0.3, -0.25) is 0 Å². The lowest BCUT2D eigenvalue weighted by molar-refractivity contribution is 0.199. The number of carbonyl (C=O) groups is 1. The molecule has 1 aromatic rings. The lowest BCUT2D eigenvalue weighted by Crippen LogP contribution is -2.33. The summed E-state index contributed by atoms with van der Waals surface area (Å²) >= 11 is 0. The van der Waals surface area contributed by atoms with E-state index in [1.54, 1.807) is 6.92 Å². The summed E-state index contributed by atoms with van der Waals surface area (Å²) < 4.78 is 0. The Labute approximate surface area is 124 Å². The Hall–Kier alpha value is -1.55. The van der Waals surface area contributed by atoms with Gasteiger partial charge in [0.2, 0.25) is 0 Å². The molecule has 3 aliphatic rings. The molecule has 112 valence electrons. The van der Waals surface area contributed by atoms with E-state index in [9.17, 15) is 9.90 Å². The summed E-state index contributed by atoms with van der Waals surface area (Å²) in [7, 11) is 0. The predicted octanol–water partition coefficient (Wildman–Crippen LogP) is 2.91. The van der Waals surface area contributed by atoms with Gasteiger partial charge in [-0.15, -0.1) is 0 Å². The van der Waals surface area contributed by atoms with Gasteiger partial charge in [-0.05, 0) is 67.6 Å². The summed E-state index contributed by atoms with van der Waals surface area (Å²) in [5, 5.41) is 15.6. The molecule has 0 saturated heterocycles. The summed E-state index contributed by atoms with van der Waals surface area (Å²) in [6.45, 7) is 1.72. The Morgan fingerprint density at radius 2 is 2.00 bits per heavy atom. The van der Waals surface area contributed by atoms with Crippen LogP contribution in [0.2, 0.25) is 0 Å². The molecule has 0 aromatic heterocycles. The number of anilines is 1. The maximum atomic E-state index is 12.1. The number of rotatable bonds is 3. The first-order valence-corrected chi connectivity index (χ1v) is 7.99. The molecule has 5 unspecified atom stereocenters. The molecule has 1 aromatic carbocycles. The van der Waals surface area contributed by atoms with Gasteiger partial charge in [-0.1, -0.05) is 12.1 Å². The standard InChI is InChI=1S/C17H22N2O2/c1-9(20)10-3-2-4-13(8-10)18-17(21)19-16-14-11-5-6-12(7-11)15(14)16/h2-4,8-9,11-12,14-16,20H,5-7H2,1H3,(H2,18,19,21). The third-order valence-electron chi connectivity index (χ3n) is 5.66. The topological polar surface area (TPSA) is 61.4 Å². The Bertz CT molecular complexity index is 556. The second-order valence-corrected chi connectivity index (χ2v) is 6.91. The van der Waals surface area contributed by atoms with Crippen molar-refractivity contribution in [1.82, 2.24) is 5.32 Å². The Kier molecular flexibility index (Phi) is 2.96. The van der Waals surface area contributed by atoms with Crippen molar-refractivity contribution in [3.63, 3.8) is 0 Å². The SMILES string of the molecule is CC(O)c1cccc(NC(=O)NC2C3C4CCC(C4)C23)c1. The van der Waals surface area contributed by atoms with Crippen molar-refractivity contribution in [2.75, 3.05) is 5.32 Å². The molecule has 0 radical (unpaired) electrons. The zero-order valence-corrected chi connectivity index (χ0v) is 12.3. The van der Waals surface area contributed by atoms with Crippen LogP contribution in [0.5, 0.6) is 0 Å². The van der Waals surface area contributed by atoms with Gasteiger partial charge in [0, 0.05) is 11.7 Å². The van der Waals surface area contributed by atoms with Gasteiger partial charge in [0.05, 0.1) is 6.10 Å². The maximum Gasteiger partial charge on any atom is 0.319 e. The molecule has 21 heavy (non-hydrogen) atoms. The third kappa shape index (κ3) is 2.22. The number of aliphatic hydroxyl groups is 1. The molecule has 2 bridgehead atoms. The number of fused-ring (bicyclic) bond motifs is 5. The number of nitrogens with one attached hydrogen (secondary N) is 2. The van der Waals surface area contributed by atoms with Crippen LogP contribution in [0.3, 0.4) is 0 Å². The van der Waals surface area contributed by atoms with Gasteiger partial charge in [0.25, 0.3) is 0 Å². The fourth-order valence-electron chi connectivity index (χ4n) is 4.71. The first-order valence-electron chi connectivity index (χ1n) is 7.99. The molecule has 4 rings (SSSR count). The van der Waals surface area contributed by atoms with Crippen LogP contribution in [0.25, 0.3) is 0 Å². The van der Waals surface area contributed by atoms with Gasteiger partial charge in [0.1, 0.15) is 0 Å². The monoisotopic (exact) mass is 286 g/mol. The average molecular weight is 286 g/mol. The van der Waals surface area contributed by atoms with Crippen molar-refractivity contribution in [3.05, 3.63) is 29.8 Å². The molecule has 0 spiro atoms. The molecule has 0 heterocycles. The molecule has 4 heteroatoms. The lowest BCUT2D eigenvalue weighted by atomic mass is 10.0. The number of benzene rings is 1. The van der Waals surface area contributed by atoms with E-state index in [1.807, 2.05) is 24.3 Å². The van der Waals surface area contributed by atoms with Crippen molar-refractivity contribution in [3.8, 4) is 0 Å². The third-order valence-corrected chi connectivity index (χ3v) is 5.66. The van der Waals surface area contributed by atoms with Crippen LogP contribution in [0.1, 0.15) is 37.9 Å². The minimum absolute atomic E-state index is 0.114. The summed E-state index contributed by atoms with van der Waals surface area (Å²) in [6.07, 6.45) is 3.60. The van der Waals surface area contributed by atoms with E-state index >= 15 is 0 Å². The van der Waals surface area contributed by atoms with Crippen molar-refractivity contribution in [2.45, 2.75) is 38.3 Å².